The van der Waals surface area contributed by atoms with Gasteiger partial charge >= 0.3 is 0 Å². The fourth-order valence-electron chi connectivity index (χ4n) is 4.96. The van der Waals surface area contributed by atoms with Crippen molar-refractivity contribution >= 4 is 28.7 Å². The van der Waals surface area contributed by atoms with Gasteiger partial charge in [-0.2, -0.15) is 5.10 Å². The number of nitrogens with one attached hydrogen (secondary N) is 2. The number of rotatable bonds is 5. The lowest BCUT2D eigenvalue weighted by molar-refractivity contribution is -0.119. The molecule has 1 saturated heterocycles. The molecule has 2 N–H and O–H groups in total. The van der Waals surface area contributed by atoms with Crippen molar-refractivity contribution in [1.29, 1.82) is 0 Å². The first-order chi connectivity index (χ1) is 18.3. The molecule has 38 heavy (non-hydrogen) atoms. The zero-order chi connectivity index (χ0) is 26.4. The number of halogens is 1. The maximum atomic E-state index is 14.4. The topological polar surface area (TPSA) is 124 Å². The number of anilines is 1. The molecule has 0 aliphatic carbocycles. The summed E-state index contributed by atoms with van der Waals surface area (Å²) in [6.07, 6.45) is 3.02. The molecule has 3 aromatic heterocycles. The van der Waals surface area contributed by atoms with Crippen LogP contribution in [0.1, 0.15) is 48.3 Å². The number of fused-ring (bicyclic) bond motifs is 2. The fraction of sp³-hybridized carbons (Fsp3) is 0.333. The third-order valence-corrected chi connectivity index (χ3v) is 7.10. The Kier molecular flexibility index (Phi) is 5.87. The lowest BCUT2D eigenvalue weighted by Gasteiger charge is -2.24. The van der Waals surface area contributed by atoms with E-state index < -0.39 is 5.41 Å². The van der Waals surface area contributed by atoms with E-state index in [9.17, 15) is 14.0 Å². The summed E-state index contributed by atoms with van der Waals surface area (Å²) in [6.45, 7) is 4.77. The van der Waals surface area contributed by atoms with Crippen molar-refractivity contribution in [3.8, 4) is 11.5 Å². The number of carbonyl (C=O) groups is 2. The molecule has 11 heteroatoms. The maximum absolute atomic E-state index is 14.4. The van der Waals surface area contributed by atoms with E-state index in [4.69, 9.17) is 9.84 Å². The number of hydrogen-bond acceptors (Lipinski definition) is 7. The molecule has 0 atom stereocenters. The first kappa shape index (κ1) is 24.1. The number of ether oxygens (including phenoxy) is 1. The Balaban J connectivity index is 1.47. The van der Waals surface area contributed by atoms with E-state index in [0.29, 0.717) is 53.9 Å². The predicted molar refractivity (Wildman–Crippen MR) is 137 cm³/mol. The first-order valence-electron chi connectivity index (χ1n) is 12.5. The Bertz CT molecular complexity index is 1580. The zero-order valence-electron chi connectivity index (χ0n) is 21.0. The normalized spacial score (nSPS) is 16.9. The smallest absolute Gasteiger partial charge is 0.270 e. The lowest BCUT2D eigenvalue weighted by Crippen LogP contribution is -2.40. The highest BCUT2D eigenvalue weighted by molar-refractivity contribution is 6.09. The summed E-state index contributed by atoms with van der Waals surface area (Å²) in [5, 5.41) is 11.2. The van der Waals surface area contributed by atoms with Crippen LogP contribution in [0.4, 0.5) is 10.2 Å². The number of hydrogen-bond donors (Lipinski definition) is 2. The van der Waals surface area contributed by atoms with Crippen LogP contribution in [0.2, 0.25) is 0 Å². The number of pyridine rings is 1. The van der Waals surface area contributed by atoms with Gasteiger partial charge in [-0.3, -0.25) is 9.59 Å². The minimum atomic E-state index is -0.996. The predicted octanol–water partition coefficient (Wildman–Crippen LogP) is 3.21. The van der Waals surface area contributed by atoms with Crippen LogP contribution in [-0.4, -0.2) is 55.8 Å². The van der Waals surface area contributed by atoms with E-state index in [1.807, 2.05) is 6.07 Å². The number of carbonyl (C=O) groups excluding carboxylic acids is 2. The molecule has 194 valence electrons. The van der Waals surface area contributed by atoms with Crippen LogP contribution in [0.5, 0.6) is 0 Å². The second-order valence-corrected chi connectivity index (χ2v) is 10.0. The Morgan fingerprint density at radius 2 is 1.97 bits per heavy atom. The summed E-state index contributed by atoms with van der Waals surface area (Å²) < 4.78 is 21.4. The quantitative estimate of drug-likeness (QED) is 0.418. The highest BCUT2D eigenvalue weighted by atomic mass is 19.1. The number of nitrogens with zero attached hydrogens (tertiary/aromatic N) is 5. The molecule has 0 saturated carbocycles. The van der Waals surface area contributed by atoms with Crippen LogP contribution < -0.4 is 10.6 Å². The molecule has 4 aromatic rings. The average molecular weight is 516 g/mol. The summed E-state index contributed by atoms with van der Waals surface area (Å²) in [5.74, 6) is -0.545. The monoisotopic (exact) mass is 515 g/mol. The molecule has 10 nitrogen and oxygen atoms in total. The molecule has 6 rings (SSSR count). The third kappa shape index (κ3) is 4.08. The lowest BCUT2D eigenvalue weighted by atomic mass is 9.85. The molecule has 0 bridgehead atoms. The molecule has 5 heterocycles. The van der Waals surface area contributed by atoms with Gasteiger partial charge in [0.1, 0.15) is 23.0 Å². The highest BCUT2D eigenvalue weighted by Crippen LogP contribution is 2.39. The molecule has 0 radical (unpaired) electrons. The van der Waals surface area contributed by atoms with Gasteiger partial charge in [-0.15, -0.1) is 0 Å². The van der Waals surface area contributed by atoms with E-state index in [-0.39, 0.29) is 47.6 Å². The summed E-state index contributed by atoms with van der Waals surface area (Å²) in [7, 11) is 0. The van der Waals surface area contributed by atoms with E-state index in [0.717, 1.165) is 0 Å². The largest absolute Gasteiger partial charge is 0.381 e. The van der Waals surface area contributed by atoms with Gasteiger partial charge in [0.25, 0.3) is 5.91 Å². The van der Waals surface area contributed by atoms with E-state index >= 15 is 0 Å². The Morgan fingerprint density at radius 1 is 1.18 bits per heavy atom. The van der Waals surface area contributed by atoms with E-state index in [2.05, 4.69) is 25.6 Å². The van der Waals surface area contributed by atoms with Crippen LogP contribution in [0.25, 0.3) is 22.6 Å². The molecule has 0 unspecified atom stereocenters. The van der Waals surface area contributed by atoms with Gasteiger partial charge in [-0.05, 0) is 44.9 Å². The molecule has 1 fully saturated rings. The number of amides is 2. The highest BCUT2D eigenvalue weighted by Gasteiger charge is 2.44. The molecule has 0 spiro atoms. The molecule has 2 aliphatic rings. The maximum Gasteiger partial charge on any atom is 0.270 e. The van der Waals surface area contributed by atoms with Crippen LogP contribution in [0, 0.1) is 5.82 Å². The van der Waals surface area contributed by atoms with Crippen molar-refractivity contribution in [3.63, 3.8) is 0 Å². The van der Waals surface area contributed by atoms with Crippen molar-refractivity contribution < 1.29 is 18.7 Å². The molecule has 2 amide bonds. The second-order valence-electron chi connectivity index (χ2n) is 10.0. The van der Waals surface area contributed by atoms with Gasteiger partial charge < -0.3 is 15.4 Å². The SMILES string of the molecule is CC1(C)C(=O)Nc2nc(-c3nn(Cc4ccccc4F)c4ncccc34)nc(C(=O)NC3CCOCC3)c21. The van der Waals surface area contributed by atoms with Gasteiger partial charge in [0.05, 0.1) is 17.3 Å². The van der Waals surface area contributed by atoms with E-state index in [1.54, 1.807) is 49.0 Å². The van der Waals surface area contributed by atoms with Gasteiger partial charge in [-0.1, -0.05) is 18.2 Å². The fourth-order valence-corrected chi connectivity index (χ4v) is 4.96. The van der Waals surface area contributed by atoms with Crippen molar-refractivity contribution in [2.75, 3.05) is 18.5 Å². The van der Waals surface area contributed by atoms with Crippen LogP contribution >= 0.6 is 0 Å². The van der Waals surface area contributed by atoms with Crippen molar-refractivity contribution in [3.05, 3.63) is 65.2 Å². The summed E-state index contributed by atoms with van der Waals surface area (Å²) in [5.41, 5.74) is 0.933. The molecule has 1 aromatic carbocycles. The minimum absolute atomic E-state index is 0.0523. The van der Waals surface area contributed by atoms with Gasteiger partial charge in [-0.25, -0.2) is 24.0 Å². The second kappa shape index (κ2) is 9.25. The zero-order valence-corrected chi connectivity index (χ0v) is 21.0. The average Bonchev–Trinajstić information content (AvgIpc) is 3.39. The van der Waals surface area contributed by atoms with Crippen molar-refractivity contribution in [1.82, 2.24) is 30.0 Å². The Labute approximate surface area is 217 Å². The van der Waals surface area contributed by atoms with Gasteiger partial charge in [0.15, 0.2) is 11.5 Å². The van der Waals surface area contributed by atoms with Gasteiger partial charge in [0.2, 0.25) is 5.91 Å². The Hall–Kier alpha value is -4.25. The van der Waals surface area contributed by atoms with Crippen LogP contribution in [0.3, 0.4) is 0 Å². The third-order valence-electron chi connectivity index (χ3n) is 7.10. The number of benzene rings is 1. The summed E-state index contributed by atoms with van der Waals surface area (Å²) in [6, 6.07) is 10.0. The Morgan fingerprint density at radius 3 is 2.76 bits per heavy atom. The van der Waals surface area contributed by atoms with Crippen LogP contribution in [-0.2, 0) is 21.5 Å². The van der Waals surface area contributed by atoms with Crippen LogP contribution in [0.15, 0.2) is 42.6 Å². The standard InChI is InChI=1S/C27H26FN7O3/c1-27(2)19-21(25(36)30-16-9-12-38-13-10-16)31-23(32-22(19)33-26(27)37)20-17-7-5-11-29-24(17)35(34-20)14-15-6-3-4-8-18(15)28/h3-8,11,16H,9-10,12-14H2,1-2H3,(H,30,36)(H,31,32,33,37). The number of aromatic nitrogens is 5. The molecular weight excluding hydrogens is 489 g/mol. The first-order valence-corrected chi connectivity index (χ1v) is 12.5. The molecular formula is C27H26FN7O3. The minimum Gasteiger partial charge on any atom is -0.381 e. The van der Waals surface area contributed by atoms with Crippen molar-refractivity contribution in [2.45, 2.75) is 44.7 Å². The van der Waals surface area contributed by atoms with Crippen molar-refractivity contribution in [2.24, 2.45) is 0 Å². The summed E-state index contributed by atoms with van der Waals surface area (Å²) in [4.78, 5) is 40.1. The molecule has 2 aliphatic heterocycles. The van der Waals surface area contributed by atoms with E-state index in [1.165, 1.54) is 6.07 Å². The summed E-state index contributed by atoms with van der Waals surface area (Å²) >= 11 is 0. The van der Waals surface area contributed by atoms with Gasteiger partial charge in [0, 0.05) is 36.6 Å².